The highest BCUT2D eigenvalue weighted by molar-refractivity contribution is 5.61. The van der Waals surface area contributed by atoms with E-state index < -0.39 is 0 Å². The van der Waals surface area contributed by atoms with Gasteiger partial charge in [0.25, 0.3) is 0 Å². The first-order chi connectivity index (χ1) is 10.4. The highest BCUT2D eigenvalue weighted by Gasteiger charge is 2.30. The molecular weight excluding hydrogens is 272 g/mol. The quantitative estimate of drug-likeness (QED) is 0.824. The fourth-order valence-electron chi connectivity index (χ4n) is 3.66. The van der Waals surface area contributed by atoms with E-state index in [-0.39, 0.29) is 0 Å². The number of rotatable bonds is 2. The van der Waals surface area contributed by atoms with Crippen molar-refractivity contribution in [1.29, 1.82) is 0 Å². The molecule has 0 atom stereocenters. The van der Waals surface area contributed by atoms with Crippen LogP contribution in [0.1, 0.15) is 57.9 Å². The Morgan fingerprint density at radius 3 is 2.41 bits per heavy atom. The van der Waals surface area contributed by atoms with Crippen molar-refractivity contribution in [3.05, 3.63) is 35.9 Å². The van der Waals surface area contributed by atoms with E-state index in [2.05, 4.69) is 50.2 Å². The van der Waals surface area contributed by atoms with E-state index in [1.807, 2.05) is 0 Å². The summed E-state index contributed by atoms with van der Waals surface area (Å²) in [4.78, 5) is 0. The third kappa shape index (κ3) is 3.18. The van der Waals surface area contributed by atoms with Crippen molar-refractivity contribution in [1.82, 2.24) is 5.16 Å². The van der Waals surface area contributed by atoms with E-state index in [1.54, 1.807) is 6.07 Å². The van der Waals surface area contributed by atoms with Crippen molar-refractivity contribution in [2.45, 2.75) is 52.4 Å². The number of benzene rings is 1. The van der Waals surface area contributed by atoms with Gasteiger partial charge in [0, 0.05) is 11.6 Å². The van der Waals surface area contributed by atoms with Crippen molar-refractivity contribution >= 4 is 5.82 Å². The van der Waals surface area contributed by atoms with Gasteiger partial charge in [-0.15, -0.1) is 0 Å². The van der Waals surface area contributed by atoms with Gasteiger partial charge < -0.3 is 10.3 Å². The van der Waals surface area contributed by atoms with E-state index >= 15 is 0 Å². The molecule has 1 aromatic carbocycles. The van der Waals surface area contributed by atoms with Crippen LogP contribution >= 0.6 is 0 Å². The highest BCUT2D eigenvalue weighted by atomic mass is 16.5. The average Bonchev–Trinajstić information content (AvgIpc) is 2.93. The molecule has 1 aliphatic carbocycles. The van der Waals surface area contributed by atoms with Crippen molar-refractivity contribution in [3.63, 3.8) is 0 Å². The zero-order valence-corrected chi connectivity index (χ0v) is 13.8. The fraction of sp³-hybridized carbons (Fsp3) is 0.526. The fourth-order valence-corrected chi connectivity index (χ4v) is 3.66. The third-order valence-electron chi connectivity index (χ3n) is 5.12. The molecule has 0 spiro atoms. The van der Waals surface area contributed by atoms with Crippen molar-refractivity contribution in [2.75, 3.05) is 5.73 Å². The second-order valence-corrected chi connectivity index (χ2v) is 7.66. The maximum atomic E-state index is 5.65. The van der Waals surface area contributed by atoms with Gasteiger partial charge in [0.15, 0.2) is 11.6 Å². The van der Waals surface area contributed by atoms with E-state index in [0.29, 0.717) is 17.2 Å². The first-order valence-corrected chi connectivity index (χ1v) is 8.26. The molecular formula is C19H26N2O. The summed E-state index contributed by atoms with van der Waals surface area (Å²) < 4.78 is 5.28. The van der Waals surface area contributed by atoms with E-state index in [0.717, 1.165) is 17.2 Å². The van der Waals surface area contributed by atoms with Gasteiger partial charge in [0.1, 0.15) is 0 Å². The standard InChI is InChI=1S/C19H26N2O/c1-19(2,3)16-9-7-13(8-10-16)14-5-4-6-15(11-14)17-12-18(20)21-22-17/h4-6,11-13,16H,7-10H2,1-3H3,(H2,20,21). The van der Waals surface area contributed by atoms with Crippen LogP contribution in [0, 0.1) is 11.3 Å². The Hall–Kier alpha value is -1.77. The molecule has 1 fully saturated rings. The van der Waals surface area contributed by atoms with Gasteiger partial charge in [-0.3, -0.25) is 0 Å². The Morgan fingerprint density at radius 2 is 1.82 bits per heavy atom. The Labute approximate surface area is 132 Å². The lowest BCUT2D eigenvalue weighted by atomic mass is 9.68. The number of aromatic nitrogens is 1. The lowest BCUT2D eigenvalue weighted by Crippen LogP contribution is -2.25. The number of hydrogen-bond acceptors (Lipinski definition) is 3. The summed E-state index contributed by atoms with van der Waals surface area (Å²) in [6.45, 7) is 7.10. The molecule has 118 valence electrons. The van der Waals surface area contributed by atoms with Crippen molar-refractivity contribution in [3.8, 4) is 11.3 Å². The lowest BCUT2D eigenvalue weighted by Gasteiger charge is -2.37. The third-order valence-corrected chi connectivity index (χ3v) is 5.12. The zero-order valence-electron chi connectivity index (χ0n) is 13.8. The summed E-state index contributed by atoms with van der Waals surface area (Å²) in [5.74, 6) is 2.70. The maximum absolute atomic E-state index is 5.65. The molecule has 0 bridgehead atoms. The molecule has 2 N–H and O–H groups in total. The van der Waals surface area contributed by atoms with E-state index in [4.69, 9.17) is 10.3 Å². The number of nitrogens with zero attached hydrogens (tertiary/aromatic N) is 1. The molecule has 0 aliphatic heterocycles. The van der Waals surface area contributed by atoms with Crippen LogP contribution in [-0.4, -0.2) is 5.16 Å². The van der Waals surface area contributed by atoms with Gasteiger partial charge >= 0.3 is 0 Å². The molecule has 3 rings (SSSR count). The maximum Gasteiger partial charge on any atom is 0.169 e. The largest absolute Gasteiger partial charge is 0.381 e. The molecule has 1 heterocycles. The van der Waals surface area contributed by atoms with Gasteiger partial charge in [-0.25, -0.2) is 0 Å². The second-order valence-electron chi connectivity index (χ2n) is 7.66. The number of hydrogen-bond donors (Lipinski definition) is 1. The molecule has 1 aromatic heterocycles. The minimum Gasteiger partial charge on any atom is -0.381 e. The zero-order chi connectivity index (χ0) is 15.7. The van der Waals surface area contributed by atoms with E-state index in [9.17, 15) is 0 Å². The summed E-state index contributed by atoms with van der Waals surface area (Å²) in [6.07, 6.45) is 5.22. The van der Waals surface area contributed by atoms with Crippen molar-refractivity contribution in [2.24, 2.45) is 11.3 Å². The minimum absolute atomic E-state index is 0.435. The van der Waals surface area contributed by atoms with Crippen LogP contribution in [0.3, 0.4) is 0 Å². The molecule has 0 unspecified atom stereocenters. The number of anilines is 1. The normalized spacial score (nSPS) is 22.7. The predicted octanol–water partition coefficient (Wildman–Crippen LogP) is 5.24. The molecule has 3 nitrogen and oxygen atoms in total. The summed E-state index contributed by atoms with van der Waals surface area (Å²) in [5.41, 5.74) is 8.57. The molecule has 2 aromatic rings. The molecule has 0 saturated heterocycles. The molecule has 1 saturated carbocycles. The van der Waals surface area contributed by atoms with E-state index in [1.165, 1.54) is 31.2 Å². The van der Waals surface area contributed by atoms with Gasteiger partial charge in [-0.05, 0) is 54.6 Å². The molecule has 3 heteroatoms. The molecule has 1 aliphatic rings. The van der Waals surface area contributed by atoms with Crippen LogP contribution < -0.4 is 5.73 Å². The van der Waals surface area contributed by atoms with Crippen LogP contribution in [0.2, 0.25) is 0 Å². The molecule has 0 amide bonds. The van der Waals surface area contributed by atoms with Gasteiger partial charge in [0.05, 0.1) is 0 Å². The van der Waals surface area contributed by atoms with Gasteiger partial charge in [-0.1, -0.05) is 44.1 Å². The Morgan fingerprint density at radius 1 is 1.09 bits per heavy atom. The summed E-state index contributed by atoms with van der Waals surface area (Å²) in [7, 11) is 0. The Kier molecular flexibility index (Phi) is 3.98. The first kappa shape index (κ1) is 15.1. The van der Waals surface area contributed by atoms with Crippen LogP contribution in [0.5, 0.6) is 0 Å². The highest BCUT2D eigenvalue weighted by Crippen LogP contribution is 2.43. The SMILES string of the molecule is CC(C)(C)C1CCC(c2cccc(-c3cc(N)no3)c2)CC1. The van der Waals surface area contributed by atoms with Crippen LogP contribution in [-0.2, 0) is 0 Å². The first-order valence-electron chi connectivity index (χ1n) is 8.26. The Balaban J connectivity index is 1.74. The summed E-state index contributed by atoms with van der Waals surface area (Å²) >= 11 is 0. The molecule has 22 heavy (non-hydrogen) atoms. The minimum atomic E-state index is 0.435. The van der Waals surface area contributed by atoms with Gasteiger partial charge in [-0.2, -0.15) is 0 Å². The van der Waals surface area contributed by atoms with Crippen LogP contribution in [0.25, 0.3) is 11.3 Å². The van der Waals surface area contributed by atoms with Crippen LogP contribution in [0.4, 0.5) is 5.82 Å². The Bertz CT molecular complexity index is 631. The predicted molar refractivity (Wildman–Crippen MR) is 90.5 cm³/mol. The lowest BCUT2D eigenvalue weighted by molar-refractivity contribution is 0.169. The summed E-state index contributed by atoms with van der Waals surface area (Å²) in [6, 6.07) is 10.4. The second kappa shape index (κ2) is 5.79. The van der Waals surface area contributed by atoms with Crippen LogP contribution in [0.15, 0.2) is 34.9 Å². The smallest absolute Gasteiger partial charge is 0.169 e. The van der Waals surface area contributed by atoms with Gasteiger partial charge in [0.2, 0.25) is 0 Å². The molecule has 0 radical (unpaired) electrons. The topological polar surface area (TPSA) is 52.0 Å². The van der Waals surface area contributed by atoms with Crippen molar-refractivity contribution < 1.29 is 4.52 Å². The monoisotopic (exact) mass is 298 g/mol. The average molecular weight is 298 g/mol. The number of nitrogen functional groups attached to an aromatic ring is 1. The summed E-state index contributed by atoms with van der Waals surface area (Å²) in [5, 5.41) is 3.77. The number of nitrogens with two attached hydrogens (primary N) is 1.